The number of aliphatic hydroxyl groups excluding tert-OH is 1. The maximum absolute atomic E-state index is 11.4. The number of ether oxygens (including phenoxy) is 2. The Labute approximate surface area is 209 Å². The van der Waals surface area contributed by atoms with Gasteiger partial charge in [0.2, 0.25) is 0 Å². The number of hydrogen-bond acceptors (Lipinski definition) is 8. The maximum Gasteiger partial charge on any atom is 0.333 e. The van der Waals surface area contributed by atoms with E-state index in [0.29, 0.717) is 52.3 Å². The Bertz CT molecular complexity index is 1450. The van der Waals surface area contributed by atoms with Gasteiger partial charge in [0, 0.05) is 5.56 Å². The first-order valence-electron chi connectivity index (χ1n) is 10.7. The van der Waals surface area contributed by atoms with Crippen LogP contribution in [-0.2, 0) is 4.79 Å². The van der Waals surface area contributed by atoms with Gasteiger partial charge >= 0.3 is 5.97 Å². The predicted molar refractivity (Wildman–Crippen MR) is 133 cm³/mol. The van der Waals surface area contributed by atoms with Gasteiger partial charge in [-0.1, -0.05) is 41.3 Å². The fraction of sp³-hybridized carbons (Fsp3) is 0.208. The van der Waals surface area contributed by atoms with Crippen molar-refractivity contribution in [1.29, 1.82) is 0 Å². The van der Waals surface area contributed by atoms with Gasteiger partial charge in [0.05, 0.1) is 33.7 Å². The van der Waals surface area contributed by atoms with Gasteiger partial charge in [-0.25, -0.2) is 9.78 Å². The molecule has 0 aliphatic carbocycles. The molecule has 1 unspecified atom stereocenters. The number of carboxylic acids is 1. The third-order valence-corrected chi connectivity index (χ3v) is 6.84. The van der Waals surface area contributed by atoms with Crippen molar-refractivity contribution in [3.63, 3.8) is 0 Å². The Morgan fingerprint density at radius 2 is 2.06 bits per heavy atom. The lowest BCUT2D eigenvalue weighted by Gasteiger charge is -2.19. The van der Waals surface area contributed by atoms with E-state index in [-0.39, 0.29) is 0 Å². The highest BCUT2D eigenvalue weighted by Crippen LogP contribution is 2.41. The number of rotatable bonds is 6. The Hall–Kier alpha value is -3.60. The summed E-state index contributed by atoms with van der Waals surface area (Å²) < 4.78 is 14.5. The predicted octanol–water partition coefficient (Wildman–Crippen LogP) is 4.15. The fourth-order valence-corrected chi connectivity index (χ4v) is 4.71. The molecule has 0 amide bonds. The Morgan fingerprint density at radius 3 is 2.83 bits per heavy atom. The van der Waals surface area contributed by atoms with Crippen molar-refractivity contribution >= 4 is 40.6 Å². The molecule has 35 heavy (non-hydrogen) atoms. The smallest absolute Gasteiger partial charge is 0.333 e. The minimum absolute atomic E-state index is 0.358. The standard InChI is InChI=1S/C24H21ClN4O5S/c1-24(12-30,23(31)32)28-14-10-19-21(26-11-14)22(29-35-19)27-16-4-2-3-15(20(16)25)13-5-6-17-18(9-13)34-8-7-33-17/h2-6,9-11,27,29-30H,7-8,12H2,1H3,(H,31,32). The summed E-state index contributed by atoms with van der Waals surface area (Å²) in [6.07, 6.45) is 1.47. The van der Waals surface area contributed by atoms with Crippen LogP contribution in [0, 0.1) is 0 Å². The molecule has 0 radical (unpaired) electrons. The number of aliphatic hydroxyl groups is 1. The average molecular weight is 513 g/mol. The van der Waals surface area contributed by atoms with Crippen molar-refractivity contribution in [1.82, 2.24) is 9.36 Å². The quantitative estimate of drug-likeness (QED) is 0.305. The van der Waals surface area contributed by atoms with Crippen LogP contribution in [0.4, 0.5) is 11.5 Å². The molecule has 180 valence electrons. The first-order valence-corrected chi connectivity index (χ1v) is 11.9. The Balaban J connectivity index is 1.46. The van der Waals surface area contributed by atoms with E-state index in [1.807, 2.05) is 36.4 Å². The number of anilines is 2. The summed E-state index contributed by atoms with van der Waals surface area (Å²) >= 11 is 8.10. The van der Waals surface area contributed by atoms with Gasteiger partial charge in [0.25, 0.3) is 0 Å². The van der Waals surface area contributed by atoms with E-state index >= 15 is 0 Å². The molecule has 3 heterocycles. The number of nitrogens with zero attached hydrogens (tertiary/aromatic N) is 2. The lowest BCUT2D eigenvalue weighted by molar-refractivity contribution is -0.144. The molecule has 3 aliphatic rings. The summed E-state index contributed by atoms with van der Waals surface area (Å²) in [5.74, 6) is 0.823. The highest BCUT2D eigenvalue weighted by atomic mass is 35.5. The molecule has 0 bridgehead atoms. The topological polar surface area (TPSA) is 129 Å². The summed E-state index contributed by atoms with van der Waals surface area (Å²) in [5.41, 5.74) is 1.43. The zero-order chi connectivity index (χ0) is 24.6. The maximum atomic E-state index is 11.4. The van der Waals surface area contributed by atoms with Crippen LogP contribution in [0.25, 0.3) is 21.7 Å². The molecule has 0 fully saturated rings. The van der Waals surface area contributed by atoms with Gasteiger partial charge in [0.15, 0.2) is 17.0 Å². The molecule has 9 nitrogen and oxygen atoms in total. The molecule has 5 rings (SSSR count). The number of pyridine rings is 1. The number of nitrogens with one attached hydrogen (secondary N) is 2. The highest BCUT2D eigenvalue weighted by Gasteiger charge is 2.31. The van der Waals surface area contributed by atoms with E-state index in [1.54, 1.807) is 6.07 Å². The summed E-state index contributed by atoms with van der Waals surface area (Å²) in [4.78, 5) is 20.8. The van der Waals surface area contributed by atoms with Gasteiger partial charge in [-0.3, -0.25) is 9.37 Å². The lowest BCUT2D eigenvalue weighted by atomic mass is 10.0. The lowest BCUT2D eigenvalue weighted by Crippen LogP contribution is -2.39. The van der Waals surface area contributed by atoms with Crippen LogP contribution in [-0.4, -0.2) is 50.9 Å². The van der Waals surface area contributed by atoms with Crippen LogP contribution in [0.3, 0.4) is 0 Å². The Morgan fingerprint density at radius 1 is 1.26 bits per heavy atom. The van der Waals surface area contributed by atoms with E-state index in [4.69, 9.17) is 21.1 Å². The minimum atomic E-state index is -1.64. The average Bonchev–Trinajstić information content (AvgIpc) is 3.26. The number of fused-ring (bicyclic) bond motifs is 2. The number of carboxylic acid groups (broad SMARTS) is 1. The van der Waals surface area contributed by atoms with Crippen molar-refractivity contribution in [2.24, 2.45) is 4.99 Å². The normalized spacial score (nSPS) is 15.1. The first-order chi connectivity index (χ1) is 16.9. The summed E-state index contributed by atoms with van der Waals surface area (Å²) in [6, 6.07) is 13.1. The second kappa shape index (κ2) is 9.21. The molecule has 11 heteroatoms. The third kappa shape index (κ3) is 4.43. The second-order valence-electron chi connectivity index (χ2n) is 8.12. The van der Waals surface area contributed by atoms with Crippen molar-refractivity contribution in [2.45, 2.75) is 12.5 Å². The zero-order valence-electron chi connectivity index (χ0n) is 18.5. The minimum Gasteiger partial charge on any atom is -0.486 e. The number of halogens is 1. The largest absolute Gasteiger partial charge is 0.486 e. The van der Waals surface area contributed by atoms with E-state index in [2.05, 4.69) is 19.7 Å². The van der Waals surface area contributed by atoms with Gasteiger partial charge < -0.3 is 25.0 Å². The molecule has 0 aromatic heterocycles. The molecule has 2 aromatic rings. The highest BCUT2D eigenvalue weighted by molar-refractivity contribution is 7.10. The van der Waals surface area contributed by atoms with Gasteiger partial charge in [-0.2, -0.15) is 0 Å². The zero-order valence-corrected chi connectivity index (χ0v) is 20.1. The monoisotopic (exact) mass is 512 g/mol. The molecule has 1 atom stereocenters. The van der Waals surface area contributed by atoms with Gasteiger partial charge in [-0.05, 0) is 36.8 Å². The van der Waals surface area contributed by atoms with Crippen LogP contribution in [0.5, 0.6) is 11.5 Å². The van der Waals surface area contributed by atoms with E-state index in [0.717, 1.165) is 16.0 Å². The van der Waals surface area contributed by atoms with Crippen LogP contribution < -0.4 is 20.1 Å². The molecule has 2 aromatic carbocycles. The summed E-state index contributed by atoms with van der Waals surface area (Å²) in [6.45, 7) is 1.76. The molecule has 0 saturated heterocycles. The Kier molecular flexibility index (Phi) is 6.10. The van der Waals surface area contributed by atoms with Crippen molar-refractivity contribution in [3.8, 4) is 33.2 Å². The van der Waals surface area contributed by atoms with Crippen molar-refractivity contribution in [3.05, 3.63) is 59.0 Å². The third-order valence-electron chi connectivity index (χ3n) is 5.59. The number of benzene rings is 2. The van der Waals surface area contributed by atoms with Crippen LogP contribution in [0.1, 0.15) is 6.92 Å². The molecular formula is C24H21ClN4O5S. The van der Waals surface area contributed by atoms with Crippen molar-refractivity contribution < 1.29 is 24.5 Å². The van der Waals surface area contributed by atoms with Crippen LogP contribution in [0.2, 0.25) is 5.02 Å². The molecule has 3 aliphatic heterocycles. The number of carbonyl (C=O) groups is 1. The van der Waals surface area contributed by atoms with E-state index in [1.165, 1.54) is 24.7 Å². The fourth-order valence-electron chi connectivity index (χ4n) is 3.63. The van der Waals surface area contributed by atoms with E-state index in [9.17, 15) is 15.0 Å². The number of hydrogen-bond donors (Lipinski definition) is 4. The van der Waals surface area contributed by atoms with Crippen LogP contribution in [0.15, 0.2) is 53.7 Å². The molecule has 0 saturated carbocycles. The van der Waals surface area contributed by atoms with Crippen LogP contribution >= 0.6 is 23.1 Å². The number of aromatic amines is 1. The van der Waals surface area contributed by atoms with Crippen molar-refractivity contribution in [2.75, 3.05) is 25.1 Å². The molecule has 4 N–H and O–H groups in total. The van der Waals surface area contributed by atoms with Gasteiger partial charge in [0.1, 0.15) is 24.7 Å². The second-order valence-corrected chi connectivity index (χ2v) is 9.34. The number of aliphatic carboxylic acids is 1. The summed E-state index contributed by atoms with van der Waals surface area (Å²) in [7, 11) is 0. The first kappa shape index (κ1) is 23.2. The number of H-pyrrole nitrogens is 1. The van der Waals surface area contributed by atoms with E-state index < -0.39 is 18.1 Å². The number of aromatic nitrogens is 2. The summed E-state index contributed by atoms with van der Waals surface area (Å²) in [5, 5.41) is 23.0. The molecule has 0 spiro atoms. The SMILES string of the molecule is CC(CO)(N=c1cnc2c(Nc3cccc(-c4ccc5c(c4)OCCO5)c3Cl)[nH]sc-2c1)C(=O)O. The van der Waals surface area contributed by atoms with Gasteiger partial charge in [-0.15, -0.1) is 0 Å². The molecular weight excluding hydrogens is 492 g/mol.